The van der Waals surface area contributed by atoms with Gasteiger partial charge in [0.2, 0.25) is 0 Å². The van der Waals surface area contributed by atoms with Gasteiger partial charge in [-0.2, -0.15) is 0 Å². The molecule has 0 unspecified atom stereocenters. The minimum absolute atomic E-state index is 0. The van der Waals surface area contributed by atoms with Crippen LogP contribution >= 0.6 is 19.8 Å². The van der Waals surface area contributed by atoms with Crippen molar-refractivity contribution in [2.45, 2.75) is 0 Å². The quantitative estimate of drug-likeness (QED) is 0.440. The summed E-state index contributed by atoms with van der Waals surface area (Å²) in [5, 5.41) is 0. The minimum atomic E-state index is 0. The van der Waals surface area contributed by atoms with Crippen LogP contribution in [0.5, 0.6) is 0 Å². The van der Waals surface area contributed by atoms with Crippen molar-refractivity contribution in [3.05, 3.63) is 0 Å². The van der Waals surface area contributed by atoms with E-state index in [2.05, 4.69) is 0 Å². The number of hydrogen-bond acceptors (Lipinski definition) is 0. The normalized spacial score (nSPS) is 0. The Morgan fingerprint density at radius 3 is 0.444 bits per heavy atom. The van der Waals surface area contributed by atoms with Crippen LogP contribution in [-0.2, 0) is 16.4 Å². The van der Waals surface area contributed by atoms with Crippen LogP contribution in [0.25, 0.3) is 0 Å². The van der Waals surface area contributed by atoms with E-state index in [9.17, 15) is 0 Å². The summed E-state index contributed by atoms with van der Waals surface area (Å²) in [4.78, 5) is 0. The van der Waals surface area contributed by atoms with Gasteiger partial charge < -0.3 is 16.4 Å². The van der Waals surface area contributed by atoms with Crippen molar-refractivity contribution in [3.8, 4) is 0 Å². The van der Waals surface area contributed by atoms with Gasteiger partial charge in [0.05, 0.1) is 0 Å². The van der Waals surface area contributed by atoms with Crippen LogP contribution in [0.3, 0.4) is 0 Å². The average Bonchev–Trinajstić information content (AvgIpc) is 0. The fraction of sp³-hybridized carbons (Fsp3) is 0. The van der Waals surface area contributed by atoms with E-state index in [1.165, 1.54) is 0 Å². The fourth-order valence-corrected chi connectivity index (χ4v) is 0. The summed E-state index contributed by atoms with van der Waals surface area (Å²) in [7, 11) is 0. The first kappa shape index (κ1) is 169. The Hall–Kier alpha value is 2.89. The first-order valence-electron chi connectivity index (χ1n) is 0. The monoisotopic (exact) mass is 312 g/mol. The predicted molar refractivity (Wildman–Crippen MR) is 38.9 cm³/mol. The molecule has 0 aromatic rings. The van der Waals surface area contributed by atoms with Crippen molar-refractivity contribution in [3.63, 3.8) is 0 Å². The van der Waals surface area contributed by atoms with Gasteiger partial charge in [0.15, 0.2) is 0 Å². The van der Waals surface area contributed by atoms with Crippen molar-refractivity contribution >= 4 is 89.7 Å². The smallest absolute Gasteiger partial charge is 2.00 e. The molecule has 0 bridgehead atoms. The van der Waals surface area contributed by atoms with Crippen molar-refractivity contribution < 1.29 is 16.4 Å². The van der Waals surface area contributed by atoms with Crippen molar-refractivity contribution in [2.75, 3.05) is 0 Å². The van der Waals surface area contributed by atoms with Crippen LogP contribution in [0, 0.1) is 0 Å². The summed E-state index contributed by atoms with van der Waals surface area (Å²) in [5.74, 6) is 0. The van der Waals surface area contributed by atoms with Crippen molar-refractivity contribution in [1.82, 2.24) is 0 Å². The summed E-state index contributed by atoms with van der Waals surface area (Å²) in [5.41, 5.74) is 0. The molecule has 0 aliphatic heterocycles. The first-order valence-corrected chi connectivity index (χ1v) is 0. The molecule has 0 aromatic heterocycles. The maximum Gasteiger partial charge on any atom is 3.00 e. The zero-order valence-corrected chi connectivity index (χ0v) is 12.6. The maximum atomic E-state index is 0. The van der Waals surface area contributed by atoms with E-state index >= 15 is 0 Å². The Morgan fingerprint density at radius 1 is 0.444 bits per heavy atom. The Labute approximate surface area is 105 Å². The van der Waals surface area contributed by atoms with Crippen LogP contribution < -0.4 is 0 Å². The Bertz CT molecular complexity index is 17.8. The molecule has 9 heteroatoms. The van der Waals surface area contributed by atoms with Gasteiger partial charge in [-0.25, -0.2) is 0 Å². The Morgan fingerprint density at radius 2 is 0.444 bits per heavy atom. The molecular weight excluding hydrogens is 309 g/mol. The molecule has 0 aromatic carbocycles. The molecule has 42 valence electrons. The minimum Gasteiger partial charge on any atom is -2.00 e. The molecule has 0 amide bonds. The molecule has 0 heterocycles. The predicted octanol–water partition coefficient (Wildman–Crippen LogP) is -0.157. The van der Waals surface area contributed by atoms with E-state index in [-0.39, 0.29) is 106 Å². The van der Waals surface area contributed by atoms with E-state index in [0.717, 1.165) is 0 Å². The summed E-state index contributed by atoms with van der Waals surface area (Å²) in [6.45, 7) is 0. The van der Waals surface area contributed by atoms with Crippen LogP contribution in [0.15, 0.2) is 0 Å². The number of hydrogen-bond donors (Lipinski definition) is 0. The van der Waals surface area contributed by atoms with Gasteiger partial charge in [-0.15, -0.1) is 0 Å². The molecule has 0 spiro atoms. The van der Waals surface area contributed by atoms with Crippen LogP contribution in [-0.4, -0.2) is 69.9 Å². The standard InChI is InChI=1S/2Al.2Ge.3O.2P/q2*+3;;;3*-2;;. The zero-order chi connectivity index (χ0) is 0. The summed E-state index contributed by atoms with van der Waals surface area (Å²) >= 11 is 0. The third kappa shape index (κ3) is 103. The van der Waals surface area contributed by atoms with E-state index < -0.39 is 0 Å². The topological polar surface area (TPSA) is 85.5 Å². The van der Waals surface area contributed by atoms with E-state index in [1.54, 1.807) is 0 Å². The van der Waals surface area contributed by atoms with Gasteiger partial charge in [-0.05, 0) is 0 Å². The van der Waals surface area contributed by atoms with Crippen LogP contribution in [0.2, 0.25) is 0 Å². The molecule has 0 saturated carbocycles. The second-order valence-electron chi connectivity index (χ2n) is 0. The van der Waals surface area contributed by atoms with Crippen LogP contribution in [0.4, 0.5) is 0 Å². The van der Waals surface area contributed by atoms with Gasteiger partial charge in [-0.3, -0.25) is 0 Å². The SMILES string of the molecule is [Al+3].[Al+3].[Ge].[Ge].[O-2].[O-2].[O-2].[P].[P]. The van der Waals surface area contributed by atoms with Gasteiger partial charge in [0.1, 0.15) is 0 Å². The largest absolute Gasteiger partial charge is 3.00 e. The summed E-state index contributed by atoms with van der Waals surface area (Å²) in [6, 6.07) is 0. The molecule has 14 radical (unpaired) electrons. The summed E-state index contributed by atoms with van der Waals surface area (Å²) < 4.78 is 0. The van der Waals surface area contributed by atoms with Crippen molar-refractivity contribution in [2.24, 2.45) is 0 Å². The van der Waals surface area contributed by atoms with E-state index in [4.69, 9.17) is 0 Å². The molecule has 0 rings (SSSR count). The molecule has 9 heavy (non-hydrogen) atoms. The first-order chi connectivity index (χ1) is 0. The third-order valence-electron chi connectivity index (χ3n) is 0. The zero-order valence-electron chi connectivity index (χ0n) is 4.27. The second-order valence-corrected chi connectivity index (χ2v) is 0. The molecule has 0 atom stereocenters. The van der Waals surface area contributed by atoms with Crippen LogP contribution in [0.1, 0.15) is 0 Å². The van der Waals surface area contributed by atoms with E-state index in [1.807, 2.05) is 0 Å². The van der Waals surface area contributed by atoms with E-state index in [0.29, 0.717) is 0 Å². The van der Waals surface area contributed by atoms with Gasteiger partial charge in [0.25, 0.3) is 0 Å². The second kappa shape index (κ2) is 128. The van der Waals surface area contributed by atoms with Crippen molar-refractivity contribution in [1.29, 1.82) is 0 Å². The third-order valence-corrected chi connectivity index (χ3v) is 0. The van der Waals surface area contributed by atoms with Gasteiger partial charge in [0, 0.05) is 55.0 Å². The molecule has 3 nitrogen and oxygen atoms in total. The molecule has 0 aliphatic rings. The Kier molecular flexibility index (Phi) is 2390. The summed E-state index contributed by atoms with van der Waals surface area (Å²) in [6.07, 6.45) is 0. The number of rotatable bonds is 0. The Balaban J connectivity index is 0. The van der Waals surface area contributed by atoms with Gasteiger partial charge in [-0.1, -0.05) is 0 Å². The molecule has 0 aliphatic carbocycles. The average molecular weight is 309 g/mol. The maximum absolute atomic E-state index is 0. The molecule has 0 fully saturated rings. The molecule has 0 N–H and O–H groups in total. The van der Waals surface area contributed by atoms with Gasteiger partial charge >= 0.3 is 34.7 Å². The molecular formula is Al2Ge2O3P2. The fourth-order valence-electron chi connectivity index (χ4n) is 0. The molecule has 0 saturated heterocycles.